The minimum Gasteiger partial charge on any atom is -0.475 e. The van der Waals surface area contributed by atoms with Crippen LogP contribution in [0.3, 0.4) is 0 Å². The maximum Gasteiger partial charge on any atom is 0.371 e. The van der Waals surface area contributed by atoms with Crippen LogP contribution in [0.2, 0.25) is 5.02 Å². The van der Waals surface area contributed by atoms with E-state index in [1.807, 2.05) is 6.92 Å². The van der Waals surface area contributed by atoms with Crippen LogP contribution in [0.1, 0.15) is 49.4 Å². The smallest absolute Gasteiger partial charge is 0.371 e. The van der Waals surface area contributed by atoms with Crippen LogP contribution >= 0.6 is 11.6 Å². The van der Waals surface area contributed by atoms with Crippen LogP contribution in [0.15, 0.2) is 45.6 Å². The van der Waals surface area contributed by atoms with E-state index in [2.05, 4.69) is 0 Å². The van der Waals surface area contributed by atoms with E-state index in [1.165, 1.54) is 6.08 Å². The Kier molecular flexibility index (Phi) is 7.49. The Morgan fingerprint density at radius 2 is 2.11 bits per heavy atom. The van der Waals surface area contributed by atoms with Crippen LogP contribution in [0.5, 0.6) is 11.5 Å². The molecule has 0 aliphatic carbocycles. The molecule has 2 aromatic rings. The number of unbranched alkanes of at least 4 members (excludes halogenated alkanes) is 1. The van der Waals surface area contributed by atoms with Crippen molar-refractivity contribution >= 4 is 23.6 Å². The van der Waals surface area contributed by atoms with Gasteiger partial charge >= 0.3 is 5.97 Å². The summed E-state index contributed by atoms with van der Waals surface area (Å²) in [6.07, 6.45) is 4.58. The van der Waals surface area contributed by atoms with Gasteiger partial charge in [0, 0.05) is 17.5 Å². The van der Waals surface area contributed by atoms with Gasteiger partial charge in [0.15, 0.2) is 5.76 Å². The number of hydrogen-bond acceptors (Lipinski definition) is 5. The summed E-state index contributed by atoms with van der Waals surface area (Å²) in [5.74, 6) is -1.36. The molecule has 7 heteroatoms. The minimum atomic E-state index is -1.33. The molecule has 0 saturated heterocycles. The Hall–Kier alpha value is -2.73. The predicted molar refractivity (Wildman–Crippen MR) is 103 cm³/mol. The van der Waals surface area contributed by atoms with E-state index >= 15 is 0 Å². The highest BCUT2D eigenvalue weighted by Crippen LogP contribution is 2.24. The predicted octanol–water partition coefficient (Wildman–Crippen LogP) is 5.00. The van der Waals surface area contributed by atoms with Gasteiger partial charge in [-0.3, -0.25) is 4.79 Å². The molecular weight excluding hydrogens is 372 g/mol. The Balaban J connectivity index is 2.35. The van der Waals surface area contributed by atoms with Gasteiger partial charge in [0.25, 0.3) is 0 Å². The molecule has 1 N–H and O–H groups in total. The van der Waals surface area contributed by atoms with Gasteiger partial charge in [0.1, 0.15) is 5.75 Å². The number of rotatable bonds is 9. The normalized spacial score (nSPS) is 12.1. The molecule has 0 fully saturated rings. The molecule has 144 valence electrons. The minimum absolute atomic E-state index is 0.0265. The number of hydrogen-bond donors (Lipinski definition) is 1. The van der Waals surface area contributed by atoms with Crippen molar-refractivity contribution < 1.29 is 23.8 Å². The number of aromatic carboxylic acids is 1. The van der Waals surface area contributed by atoms with Crippen LogP contribution in [0.4, 0.5) is 0 Å². The fraction of sp³-hybridized carbons (Fsp3) is 0.300. The summed E-state index contributed by atoms with van der Waals surface area (Å²) in [6, 6.07) is 7.74. The maximum absolute atomic E-state index is 12.4. The van der Waals surface area contributed by atoms with Gasteiger partial charge in [0.2, 0.25) is 23.2 Å². The quantitative estimate of drug-likeness (QED) is 0.604. The monoisotopic (exact) mass is 392 g/mol. The molecule has 0 saturated carbocycles. The molecule has 2 rings (SSSR count). The molecule has 0 bridgehead atoms. The number of carboxylic acids is 1. The number of carboxylic acid groups (broad SMARTS) is 1. The lowest BCUT2D eigenvalue weighted by Gasteiger charge is -2.21. The van der Waals surface area contributed by atoms with Crippen LogP contribution in [-0.2, 0) is 0 Å². The van der Waals surface area contributed by atoms with Crippen molar-refractivity contribution in [2.24, 2.45) is 0 Å². The van der Waals surface area contributed by atoms with Gasteiger partial charge < -0.3 is 19.0 Å². The van der Waals surface area contributed by atoms with Crippen molar-refractivity contribution in [3.63, 3.8) is 0 Å². The summed E-state index contributed by atoms with van der Waals surface area (Å²) in [4.78, 5) is 23.5. The molecule has 1 heterocycles. The third kappa shape index (κ3) is 5.89. The Morgan fingerprint density at radius 1 is 1.33 bits per heavy atom. The van der Waals surface area contributed by atoms with E-state index in [9.17, 15) is 9.59 Å². The zero-order valence-electron chi connectivity index (χ0n) is 15.1. The average molecular weight is 393 g/mol. The van der Waals surface area contributed by atoms with E-state index < -0.39 is 23.4 Å². The van der Waals surface area contributed by atoms with Crippen LogP contribution in [-0.4, -0.2) is 17.4 Å². The number of allylic oxidation sites excluding steroid dienone is 1. The number of ether oxygens (including phenoxy) is 2. The first kappa shape index (κ1) is 20.6. The number of halogens is 1. The van der Waals surface area contributed by atoms with Gasteiger partial charge in [-0.25, -0.2) is 4.79 Å². The summed E-state index contributed by atoms with van der Waals surface area (Å²) in [5.41, 5.74) is -0.594. The molecule has 1 atom stereocenters. The largest absolute Gasteiger partial charge is 0.475 e. The van der Waals surface area contributed by atoms with Crippen molar-refractivity contribution in [2.45, 2.75) is 39.4 Å². The van der Waals surface area contributed by atoms with Crippen molar-refractivity contribution in [1.29, 1.82) is 0 Å². The maximum atomic E-state index is 12.4. The SMILES string of the molecule is C/C=C/c1oc(C(=O)O)cc(=O)c1OC(CCCC)Oc1cccc(Cl)c1. The lowest BCUT2D eigenvalue weighted by molar-refractivity contribution is -0.00469. The van der Waals surface area contributed by atoms with E-state index in [0.29, 0.717) is 17.2 Å². The first-order valence-electron chi connectivity index (χ1n) is 8.57. The van der Waals surface area contributed by atoms with Crippen molar-refractivity contribution in [3.05, 3.63) is 63.2 Å². The van der Waals surface area contributed by atoms with Crippen molar-refractivity contribution in [3.8, 4) is 11.5 Å². The second-order valence-corrected chi connectivity index (χ2v) is 6.17. The van der Waals surface area contributed by atoms with Crippen LogP contribution in [0.25, 0.3) is 6.08 Å². The molecule has 0 aliphatic rings. The number of carbonyl (C=O) groups is 1. The zero-order valence-corrected chi connectivity index (χ0v) is 15.9. The highest BCUT2D eigenvalue weighted by Gasteiger charge is 2.20. The molecule has 0 radical (unpaired) electrons. The van der Waals surface area contributed by atoms with Gasteiger partial charge in [-0.05, 0) is 37.6 Å². The highest BCUT2D eigenvalue weighted by atomic mass is 35.5. The Morgan fingerprint density at radius 3 is 2.74 bits per heavy atom. The van der Waals surface area contributed by atoms with Crippen LogP contribution in [0, 0.1) is 0 Å². The molecule has 1 aromatic carbocycles. The zero-order chi connectivity index (χ0) is 19.8. The Labute approximate surface area is 162 Å². The van der Waals surface area contributed by atoms with Crippen molar-refractivity contribution in [1.82, 2.24) is 0 Å². The van der Waals surface area contributed by atoms with E-state index in [4.69, 9.17) is 30.6 Å². The fourth-order valence-electron chi connectivity index (χ4n) is 2.32. The van der Waals surface area contributed by atoms with Gasteiger partial charge in [-0.15, -0.1) is 0 Å². The summed E-state index contributed by atoms with van der Waals surface area (Å²) >= 11 is 5.98. The molecular formula is C20H21ClO6. The first-order valence-corrected chi connectivity index (χ1v) is 8.95. The highest BCUT2D eigenvalue weighted by molar-refractivity contribution is 6.30. The summed E-state index contributed by atoms with van der Waals surface area (Å²) < 4.78 is 16.9. The third-order valence-electron chi connectivity index (χ3n) is 3.56. The molecule has 0 aliphatic heterocycles. The summed E-state index contributed by atoms with van der Waals surface area (Å²) in [7, 11) is 0. The second-order valence-electron chi connectivity index (χ2n) is 5.74. The molecule has 6 nitrogen and oxygen atoms in total. The lowest BCUT2D eigenvalue weighted by atomic mass is 10.2. The molecule has 1 aromatic heterocycles. The first-order chi connectivity index (χ1) is 12.9. The molecule has 0 spiro atoms. The molecule has 0 amide bonds. The second kappa shape index (κ2) is 9.83. The van der Waals surface area contributed by atoms with Crippen molar-refractivity contribution in [2.75, 3.05) is 0 Å². The molecule has 1 unspecified atom stereocenters. The summed E-state index contributed by atoms with van der Waals surface area (Å²) in [6.45, 7) is 3.74. The van der Waals surface area contributed by atoms with E-state index in [0.717, 1.165) is 18.9 Å². The Bertz CT molecular complexity index is 871. The lowest BCUT2D eigenvalue weighted by Crippen LogP contribution is -2.27. The molecule has 27 heavy (non-hydrogen) atoms. The topological polar surface area (TPSA) is 86.0 Å². The standard InChI is InChI=1S/C20H21ClO6/c1-3-5-10-18(25-14-9-6-8-13(21)11-14)27-19-15(22)12-17(20(23)24)26-16(19)7-4-2/h4,6-9,11-12,18H,3,5,10H2,1-2H3,(H,23,24)/b7-4+. The van der Waals surface area contributed by atoms with Crippen LogP contribution < -0.4 is 14.9 Å². The van der Waals surface area contributed by atoms with E-state index in [-0.39, 0.29) is 11.5 Å². The van der Waals surface area contributed by atoms with Gasteiger partial charge in [0.05, 0.1) is 0 Å². The average Bonchev–Trinajstić information content (AvgIpc) is 2.62. The van der Waals surface area contributed by atoms with Gasteiger partial charge in [-0.2, -0.15) is 0 Å². The fourth-order valence-corrected chi connectivity index (χ4v) is 2.50. The van der Waals surface area contributed by atoms with E-state index in [1.54, 1.807) is 37.3 Å². The third-order valence-corrected chi connectivity index (χ3v) is 3.80. The van der Waals surface area contributed by atoms with Gasteiger partial charge in [-0.1, -0.05) is 37.1 Å². The summed E-state index contributed by atoms with van der Waals surface area (Å²) in [5, 5.41) is 9.59. The number of benzene rings is 1.